The van der Waals surface area contributed by atoms with E-state index in [1.54, 1.807) is 6.92 Å². The first-order chi connectivity index (χ1) is 14.3. The average molecular weight is 481 g/mol. The van der Waals surface area contributed by atoms with Gasteiger partial charge in [0.1, 0.15) is 6.23 Å². The lowest BCUT2D eigenvalue weighted by molar-refractivity contribution is -0.143. The molecule has 1 aromatic carbocycles. The molecule has 1 spiro atoms. The molecule has 0 aliphatic carbocycles. The number of carbonyl (C=O) groups excluding carboxylic acids is 1. The monoisotopic (exact) mass is 480 g/mol. The van der Waals surface area contributed by atoms with E-state index in [0.717, 1.165) is 18.4 Å². The van der Waals surface area contributed by atoms with Gasteiger partial charge in [0.05, 0.1) is 46.6 Å². The lowest BCUT2D eigenvalue weighted by Crippen LogP contribution is -2.61. The summed E-state index contributed by atoms with van der Waals surface area (Å²) in [5.74, 6) is -1.56. The summed E-state index contributed by atoms with van der Waals surface area (Å²) >= 11 is 5.74. The number of amides is 1. The first kappa shape index (κ1) is 21.4. The molecule has 4 saturated heterocycles. The van der Waals surface area contributed by atoms with Crippen molar-refractivity contribution in [3.63, 3.8) is 0 Å². The van der Waals surface area contributed by atoms with Crippen molar-refractivity contribution in [3.8, 4) is 0 Å². The Labute approximate surface area is 181 Å². The molecule has 1 amide bonds. The quantitative estimate of drug-likeness (QED) is 0.718. The maximum atomic E-state index is 13.5. The van der Waals surface area contributed by atoms with Gasteiger partial charge in [-0.25, -0.2) is 13.1 Å². The predicted molar refractivity (Wildman–Crippen MR) is 104 cm³/mol. The van der Waals surface area contributed by atoms with Crippen LogP contribution < -0.4 is 9.62 Å². The fraction of sp³-hybridized carbons (Fsp3) is 0.632. The van der Waals surface area contributed by atoms with Gasteiger partial charge in [-0.3, -0.25) is 9.69 Å². The van der Waals surface area contributed by atoms with Gasteiger partial charge in [-0.2, -0.15) is 13.2 Å². The first-order valence-electron chi connectivity index (χ1n) is 9.76. The van der Waals surface area contributed by atoms with E-state index in [9.17, 15) is 26.4 Å². The summed E-state index contributed by atoms with van der Waals surface area (Å²) in [6.07, 6.45) is -3.81. The van der Waals surface area contributed by atoms with E-state index in [4.69, 9.17) is 21.1 Å². The zero-order valence-corrected chi connectivity index (χ0v) is 18.1. The molecule has 31 heavy (non-hydrogen) atoms. The summed E-state index contributed by atoms with van der Waals surface area (Å²) in [7, 11) is -3.54. The second-order valence-electron chi connectivity index (χ2n) is 8.90. The number of ether oxygens (including phenoxy) is 2. The van der Waals surface area contributed by atoms with Crippen LogP contribution in [-0.4, -0.2) is 50.7 Å². The normalized spacial score (nSPS) is 39.3. The summed E-state index contributed by atoms with van der Waals surface area (Å²) in [5.41, 5.74) is -2.92. The maximum absolute atomic E-state index is 13.5. The molecule has 4 aliphatic rings. The van der Waals surface area contributed by atoms with Crippen molar-refractivity contribution in [3.05, 3.63) is 28.8 Å². The highest BCUT2D eigenvalue weighted by Gasteiger charge is 2.78. The van der Waals surface area contributed by atoms with Crippen LogP contribution in [0.4, 0.5) is 18.9 Å². The zero-order valence-electron chi connectivity index (χ0n) is 16.6. The van der Waals surface area contributed by atoms with Crippen molar-refractivity contribution < 1.29 is 35.9 Å². The van der Waals surface area contributed by atoms with Crippen LogP contribution in [0.5, 0.6) is 0 Å². The number of alkyl halides is 3. The zero-order chi connectivity index (χ0) is 22.6. The van der Waals surface area contributed by atoms with E-state index in [1.165, 1.54) is 11.0 Å². The molecular formula is C19H20ClF3N2O5S. The molecule has 1 aromatic rings. The molecule has 4 fully saturated rings. The summed E-state index contributed by atoms with van der Waals surface area (Å²) < 4.78 is 78.9. The van der Waals surface area contributed by atoms with Crippen LogP contribution in [0.1, 0.15) is 25.3 Å². The molecule has 5 rings (SSSR count). The fourth-order valence-electron chi connectivity index (χ4n) is 6.00. The first-order valence-corrected chi connectivity index (χ1v) is 12.0. The van der Waals surface area contributed by atoms with Gasteiger partial charge in [0, 0.05) is 18.0 Å². The van der Waals surface area contributed by atoms with Crippen molar-refractivity contribution >= 4 is 33.2 Å². The molecule has 1 N–H and O–H groups in total. The van der Waals surface area contributed by atoms with Crippen molar-refractivity contribution in [1.29, 1.82) is 0 Å². The van der Waals surface area contributed by atoms with Gasteiger partial charge in [0.2, 0.25) is 15.9 Å². The molecule has 0 aromatic heterocycles. The maximum Gasteiger partial charge on any atom is 0.417 e. The minimum atomic E-state index is -4.68. The van der Waals surface area contributed by atoms with Gasteiger partial charge in [-0.15, -0.1) is 0 Å². The Kier molecular flexibility index (Phi) is 4.39. The van der Waals surface area contributed by atoms with Gasteiger partial charge < -0.3 is 9.47 Å². The van der Waals surface area contributed by atoms with Crippen LogP contribution in [0.2, 0.25) is 5.02 Å². The smallest absolute Gasteiger partial charge is 0.366 e. The van der Waals surface area contributed by atoms with Crippen LogP contribution >= 0.6 is 11.6 Å². The van der Waals surface area contributed by atoms with Crippen molar-refractivity contribution in [2.24, 2.45) is 11.8 Å². The highest BCUT2D eigenvalue weighted by molar-refractivity contribution is 7.88. The number of nitrogens with one attached hydrogen (secondary N) is 1. The number of benzene rings is 1. The Bertz CT molecular complexity index is 1080. The fourth-order valence-corrected chi connectivity index (χ4v) is 7.02. The standard InChI is InChI=1S/C19H20ClF3N2O5S/c1-17-8-12(24-31(2,27)28)18(30-17)5-6-29-16-14(18)13(17)15(26)25(16)9-3-4-11(20)10(7-9)19(21,22)23/h3-4,7,12-14,16,24H,5-6,8H2,1-2H3/t12-,13+,14-,16-,17+,18-/m0/s1. The van der Waals surface area contributed by atoms with Gasteiger partial charge in [-0.05, 0) is 31.5 Å². The van der Waals surface area contributed by atoms with Gasteiger partial charge >= 0.3 is 6.18 Å². The largest absolute Gasteiger partial charge is 0.417 e. The second kappa shape index (κ2) is 6.34. The van der Waals surface area contributed by atoms with Crippen molar-refractivity contribution in [2.45, 2.75) is 49.4 Å². The minimum Gasteiger partial charge on any atom is -0.366 e. The lowest BCUT2D eigenvalue weighted by Gasteiger charge is -2.45. The number of halogens is 4. The van der Waals surface area contributed by atoms with E-state index >= 15 is 0 Å². The number of hydrogen-bond donors (Lipinski definition) is 1. The average Bonchev–Trinajstić information content (AvgIpc) is 3.17. The third-order valence-corrected chi connectivity index (χ3v) is 7.98. The minimum absolute atomic E-state index is 0.0359. The van der Waals surface area contributed by atoms with Crippen LogP contribution in [0.25, 0.3) is 0 Å². The van der Waals surface area contributed by atoms with E-state index in [-0.39, 0.29) is 12.3 Å². The third-order valence-electron chi connectivity index (χ3n) is 6.94. The lowest BCUT2D eigenvalue weighted by atomic mass is 9.64. The Balaban J connectivity index is 1.59. The number of hydrogen-bond acceptors (Lipinski definition) is 5. The highest BCUT2D eigenvalue weighted by Crippen LogP contribution is 2.65. The third kappa shape index (κ3) is 2.97. The Morgan fingerprint density at radius 3 is 2.68 bits per heavy atom. The number of sulfonamides is 1. The van der Waals surface area contributed by atoms with Crippen LogP contribution in [0.15, 0.2) is 18.2 Å². The van der Waals surface area contributed by atoms with Crippen LogP contribution in [0.3, 0.4) is 0 Å². The van der Waals surface area contributed by atoms with Gasteiger partial charge in [-0.1, -0.05) is 11.6 Å². The molecule has 6 atom stereocenters. The molecule has 4 heterocycles. The summed E-state index contributed by atoms with van der Waals surface area (Å²) in [6.45, 7) is 1.93. The van der Waals surface area contributed by atoms with Crippen LogP contribution in [0, 0.1) is 11.8 Å². The Morgan fingerprint density at radius 1 is 1.32 bits per heavy atom. The number of rotatable bonds is 3. The molecule has 0 saturated carbocycles. The molecule has 170 valence electrons. The van der Waals surface area contributed by atoms with E-state index in [0.29, 0.717) is 12.8 Å². The SMILES string of the molecule is C[C@@]12C[C@H](NS(C)(=O)=O)[C@]3(CCO[C@H]4[C@@H]3[C@@H]1C(=O)N4c1ccc(Cl)c(C(F)(F)F)c1)O2. The number of fused-ring (bicyclic) bond motifs is 2. The molecule has 4 aliphatic heterocycles. The molecule has 0 unspecified atom stereocenters. The molecule has 2 bridgehead atoms. The van der Waals surface area contributed by atoms with Crippen molar-refractivity contribution in [2.75, 3.05) is 17.8 Å². The van der Waals surface area contributed by atoms with E-state index in [1.807, 2.05) is 0 Å². The number of carbonyl (C=O) groups is 1. The number of nitrogens with zero attached hydrogens (tertiary/aromatic N) is 1. The molecule has 0 radical (unpaired) electrons. The van der Waals surface area contributed by atoms with Crippen LogP contribution in [-0.2, 0) is 30.5 Å². The Hall–Kier alpha value is -1.40. The summed E-state index contributed by atoms with van der Waals surface area (Å²) in [4.78, 5) is 14.7. The van der Waals surface area contributed by atoms with Gasteiger partial charge in [0.15, 0.2) is 0 Å². The molecule has 12 heteroatoms. The molecular weight excluding hydrogens is 461 g/mol. The highest BCUT2D eigenvalue weighted by atomic mass is 35.5. The number of anilines is 1. The summed E-state index contributed by atoms with van der Waals surface area (Å²) in [5, 5.41) is -0.461. The van der Waals surface area contributed by atoms with Crippen molar-refractivity contribution in [1.82, 2.24) is 4.72 Å². The molecule has 7 nitrogen and oxygen atoms in total. The summed E-state index contributed by atoms with van der Waals surface area (Å²) in [6, 6.07) is 2.77. The predicted octanol–water partition coefficient (Wildman–Crippen LogP) is 2.53. The van der Waals surface area contributed by atoms with E-state index in [2.05, 4.69) is 4.72 Å². The van der Waals surface area contributed by atoms with E-state index < -0.39 is 68.0 Å². The van der Waals surface area contributed by atoms with Gasteiger partial charge in [0.25, 0.3) is 0 Å². The second-order valence-corrected chi connectivity index (χ2v) is 11.1. The topological polar surface area (TPSA) is 84.9 Å². The Morgan fingerprint density at radius 2 is 2.03 bits per heavy atom.